The SMILES string of the molecule is O=C(CSc1ccc(NC(=O)/C(=C/c2ccsc2)NC(=O)c2ccccc2)cc1)Nc1nc(-c2cccc([N+](=O)[O-])c2)cs1. The molecule has 0 radical (unpaired) electrons. The highest BCUT2D eigenvalue weighted by molar-refractivity contribution is 8.00. The highest BCUT2D eigenvalue weighted by Gasteiger charge is 2.16. The van der Waals surface area contributed by atoms with Crippen LogP contribution in [0.5, 0.6) is 0 Å². The fraction of sp³-hybridized carbons (Fsp3) is 0.0323. The predicted molar refractivity (Wildman–Crippen MR) is 175 cm³/mol. The summed E-state index contributed by atoms with van der Waals surface area (Å²) in [6.07, 6.45) is 1.62. The number of carbonyl (C=O) groups excluding carboxylic acids is 3. The van der Waals surface area contributed by atoms with E-state index in [2.05, 4.69) is 20.9 Å². The maximum absolute atomic E-state index is 13.1. The van der Waals surface area contributed by atoms with Gasteiger partial charge in [0.15, 0.2) is 5.13 Å². The van der Waals surface area contributed by atoms with Gasteiger partial charge in [0.25, 0.3) is 17.5 Å². The monoisotopic (exact) mass is 641 g/mol. The van der Waals surface area contributed by atoms with Gasteiger partial charge in [0.05, 0.1) is 16.4 Å². The summed E-state index contributed by atoms with van der Waals surface area (Å²) in [6.45, 7) is 0. The number of thioether (sulfide) groups is 1. The first-order valence-corrected chi connectivity index (χ1v) is 15.8. The third-order valence-corrected chi connectivity index (χ3v) is 8.44. The Morgan fingerprint density at radius 2 is 1.73 bits per heavy atom. The third-order valence-electron chi connectivity index (χ3n) is 5.97. The lowest BCUT2D eigenvalue weighted by atomic mass is 10.1. The molecule has 0 bridgehead atoms. The molecule has 10 nitrogen and oxygen atoms in total. The Bertz CT molecular complexity index is 1820. The first-order valence-electron chi connectivity index (χ1n) is 13.0. The largest absolute Gasteiger partial charge is 0.321 e. The number of hydrogen-bond acceptors (Lipinski definition) is 9. The van der Waals surface area contributed by atoms with Gasteiger partial charge in [-0.05, 0) is 64.9 Å². The third kappa shape index (κ3) is 8.25. The van der Waals surface area contributed by atoms with Gasteiger partial charge in [0.1, 0.15) is 5.70 Å². The quantitative estimate of drug-likeness (QED) is 0.0615. The van der Waals surface area contributed by atoms with E-state index in [1.165, 1.54) is 46.6 Å². The van der Waals surface area contributed by atoms with Crippen LogP contribution in [0.3, 0.4) is 0 Å². The topological polar surface area (TPSA) is 143 Å². The molecule has 0 aliphatic carbocycles. The molecule has 220 valence electrons. The molecular formula is C31H23N5O5S3. The number of aromatic nitrogens is 1. The fourth-order valence-electron chi connectivity index (χ4n) is 3.85. The van der Waals surface area contributed by atoms with Crippen LogP contribution >= 0.6 is 34.4 Å². The smallest absolute Gasteiger partial charge is 0.272 e. The van der Waals surface area contributed by atoms with Gasteiger partial charge < -0.3 is 16.0 Å². The summed E-state index contributed by atoms with van der Waals surface area (Å²) >= 11 is 4.02. The van der Waals surface area contributed by atoms with Gasteiger partial charge >= 0.3 is 0 Å². The Morgan fingerprint density at radius 1 is 0.932 bits per heavy atom. The van der Waals surface area contributed by atoms with Crippen molar-refractivity contribution in [2.45, 2.75) is 4.90 Å². The van der Waals surface area contributed by atoms with Crippen molar-refractivity contribution in [3.63, 3.8) is 0 Å². The molecule has 0 fully saturated rings. The lowest BCUT2D eigenvalue weighted by Gasteiger charge is -2.11. The van der Waals surface area contributed by atoms with Crippen LogP contribution in [0.1, 0.15) is 15.9 Å². The Balaban J connectivity index is 1.15. The number of thiophene rings is 1. The molecule has 3 aromatic carbocycles. The molecule has 0 saturated heterocycles. The van der Waals surface area contributed by atoms with Gasteiger partial charge in [-0.25, -0.2) is 4.98 Å². The zero-order chi connectivity index (χ0) is 30.9. The molecule has 2 aromatic heterocycles. The van der Waals surface area contributed by atoms with E-state index in [1.54, 1.807) is 78.2 Å². The molecule has 44 heavy (non-hydrogen) atoms. The molecule has 13 heteroatoms. The molecule has 3 N–H and O–H groups in total. The van der Waals surface area contributed by atoms with Crippen LogP contribution in [-0.4, -0.2) is 33.4 Å². The number of nitrogens with zero attached hydrogens (tertiary/aromatic N) is 2. The van der Waals surface area contributed by atoms with Gasteiger partial charge in [-0.1, -0.05) is 30.3 Å². The Morgan fingerprint density at radius 3 is 2.45 bits per heavy atom. The Kier molecular flexibility index (Phi) is 9.92. The highest BCUT2D eigenvalue weighted by atomic mass is 32.2. The highest BCUT2D eigenvalue weighted by Crippen LogP contribution is 2.28. The van der Waals surface area contributed by atoms with E-state index in [0.717, 1.165) is 10.5 Å². The van der Waals surface area contributed by atoms with E-state index < -0.39 is 16.7 Å². The number of nitrogens with one attached hydrogen (secondary N) is 3. The standard InChI is InChI=1S/C31H23N5O5S3/c37-28(35-31-34-27(18-44-31)22-7-4-8-24(16-22)36(40)41)19-43-25-11-9-23(10-12-25)32-30(39)26(15-20-13-14-42-17-20)33-29(38)21-5-2-1-3-6-21/h1-18H,19H2,(H,32,39)(H,33,38)(H,34,35,37)/b26-15-. The molecule has 0 aliphatic rings. The lowest BCUT2D eigenvalue weighted by molar-refractivity contribution is -0.384. The zero-order valence-corrected chi connectivity index (χ0v) is 25.2. The number of thiazole rings is 1. The molecule has 3 amide bonds. The molecule has 5 aromatic rings. The van der Waals surface area contributed by atoms with Crippen molar-refractivity contribution in [2.24, 2.45) is 0 Å². The Labute approximate surface area is 264 Å². The molecule has 2 heterocycles. The van der Waals surface area contributed by atoms with Crippen molar-refractivity contribution in [1.82, 2.24) is 10.3 Å². The number of hydrogen-bond donors (Lipinski definition) is 3. The minimum Gasteiger partial charge on any atom is -0.321 e. The van der Waals surface area contributed by atoms with Crippen LogP contribution in [0.2, 0.25) is 0 Å². The maximum Gasteiger partial charge on any atom is 0.272 e. The van der Waals surface area contributed by atoms with Crippen molar-refractivity contribution in [3.05, 3.63) is 128 Å². The number of rotatable bonds is 11. The molecule has 0 atom stereocenters. The van der Waals surface area contributed by atoms with Crippen LogP contribution in [0.4, 0.5) is 16.5 Å². The second kappa shape index (κ2) is 14.4. The Hall–Kier alpha value is -5.11. The number of carbonyl (C=O) groups is 3. The number of nitro benzene ring substituents is 1. The lowest BCUT2D eigenvalue weighted by Crippen LogP contribution is -2.30. The number of anilines is 2. The average Bonchev–Trinajstić information content (AvgIpc) is 3.73. The second-order valence-electron chi connectivity index (χ2n) is 9.10. The summed E-state index contributed by atoms with van der Waals surface area (Å²) in [5.74, 6) is -1.01. The minimum atomic E-state index is -0.479. The van der Waals surface area contributed by atoms with Crippen molar-refractivity contribution < 1.29 is 19.3 Å². The maximum atomic E-state index is 13.1. The van der Waals surface area contributed by atoms with Gasteiger partial charge in [0.2, 0.25) is 5.91 Å². The summed E-state index contributed by atoms with van der Waals surface area (Å²) in [4.78, 5) is 54.2. The van der Waals surface area contributed by atoms with E-state index in [1.807, 2.05) is 16.8 Å². The van der Waals surface area contributed by atoms with Crippen LogP contribution in [0.25, 0.3) is 17.3 Å². The van der Waals surface area contributed by atoms with Gasteiger partial charge in [-0.2, -0.15) is 11.3 Å². The molecule has 0 aliphatic heterocycles. The molecule has 0 saturated carbocycles. The summed E-state index contributed by atoms with van der Waals surface area (Å²) in [7, 11) is 0. The predicted octanol–water partition coefficient (Wildman–Crippen LogP) is 6.92. The van der Waals surface area contributed by atoms with Crippen molar-refractivity contribution in [3.8, 4) is 11.3 Å². The fourth-order valence-corrected chi connectivity index (χ4v) is 5.90. The molecular weight excluding hydrogens is 619 g/mol. The van der Waals surface area contributed by atoms with Gasteiger partial charge in [-0.15, -0.1) is 23.1 Å². The van der Waals surface area contributed by atoms with Crippen molar-refractivity contribution >= 4 is 74.7 Å². The zero-order valence-electron chi connectivity index (χ0n) is 22.8. The summed E-state index contributed by atoms with van der Waals surface area (Å²) in [6, 6.07) is 23.6. The first kappa shape index (κ1) is 30.4. The minimum absolute atomic E-state index is 0.0341. The van der Waals surface area contributed by atoms with E-state index in [-0.39, 0.29) is 23.0 Å². The summed E-state index contributed by atoms with van der Waals surface area (Å²) in [5.41, 5.74) is 2.93. The van der Waals surface area contributed by atoms with Crippen LogP contribution in [-0.2, 0) is 9.59 Å². The number of nitro groups is 1. The van der Waals surface area contributed by atoms with Gasteiger partial charge in [-0.3, -0.25) is 24.5 Å². The number of amides is 3. The van der Waals surface area contributed by atoms with Crippen LogP contribution in [0, 0.1) is 10.1 Å². The van der Waals surface area contributed by atoms with Crippen molar-refractivity contribution in [1.29, 1.82) is 0 Å². The second-order valence-corrected chi connectivity index (χ2v) is 11.8. The summed E-state index contributed by atoms with van der Waals surface area (Å²) < 4.78 is 0. The van der Waals surface area contributed by atoms with Crippen LogP contribution < -0.4 is 16.0 Å². The van der Waals surface area contributed by atoms with E-state index in [4.69, 9.17) is 0 Å². The number of benzene rings is 3. The first-order chi connectivity index (χ1) is 21.3. The van der Waals surface area contributed by atoms with Crippen molar-refractivity contribution in [2.75, 3.05) is 16.4 Å². The van der Waals surface area contributed by atoms with Gasteiger partial charge in [0, 0.05) is 39.2 Å². The molecule has 0 unspecified atom stereocenters. The van der Waals surface area contributed by atoms with E-state index in [0.29, 0.717) is 27.6 Å². The summed E-state index contributed by atoms with van der Waals surface area (Å²) in [5, 5.41) is 25.2. The molecule has 0 spiro atoms. The normalized spacial score (nSPS) is 11.0. The molecule has 5 rings (SSSR count). The average molecular weight is 642 g/mol. The van der Waals surface area contributed by atoms with E-state index >= 15 is 0 Å². The van der Waals surface area contributed by atoms with E-state index in [9.17, 15) is 24.5 Å². The van der Waals surface area contributed by atoms with Crippen LogP contribution in [0.15, 0.2) is 112 Å². The number of non-ortho nitro benzene ring substituents is 1.